The van der Waals surface area contributed by atoms with E-state index in [0.29, 0.717) is 39.8 Å². The average Bonchev–Trinajstić information content (AvgIpc) is 3.00. The highest BCUT2D eigenvalue weighted by Crippen LogP contribution is 2.47. The summed E-state index contributed by atoms with van der Waals surface area (Å²) in [6, 6.07) is 25.2. The number of alkyl halides is 6. The van der Waals surface area contributed by atoms with Gasteiger partial charge in [0.1, 0.15) is 23.4 Å². The molecule has 0 aliphatic heterocycles. The second kappa shape index (κ2) is 12.5. The van der Waals surface area contributed by atoms with E-state index < -0.39 is 23.7 Å². The standard InChI is InChI=1S/C35H28F6N2O3/c1-32(2,19-23-20-42-22-43-21-23)33(44,28-11-3-24(4-12-28)26-7-15-30(16-8-26)45-34(36,37)38)29-13-5-25(6-14-29)27-9-17-31(18-10-27)46-35(39,40)41/h3-18,20-22,44H,19H2,1-2H3. The van der Waals surface area contributed by atoms with Crippen molar-refractivity contribution in [2.75, 3.05) is 0 Å². The largest absolute Gasteiger partial charge is 0.573 e. The predicted molar refractivity (Wildman–Crippen MR) is 160 cm³/mol. The third-order valence-electron chi connectivity index (χ3n) is 7.69. The van der Waals surface area contributed by atoms with Gasteiger partial charge in [0.15, 0.2) is 0 Å². The fourth-order valence-electron chi connectivity index (χ4n) is 5.51. The Hall–Kier alpha value is -4.90. The van der Waals surface area contributed by atoms with Crippen molar-refractivity contribution >= 4 is 0 Å². The molecule has 1 aromatic heterocycles. The first-order valence-electron chi connectivity index (χ1n) is 14.0. The minimum absolute atomic E-state index is 0.331. The Labute approximate surface area is 261 Å². The highest BCUT2D eigenvalue weighted by molar-refractivity contribution is 5.66. The lowest BCUT2D eigenvalue weighted by atomic mass is 9.64. The summed E-state index contributed by atoms with van der Waals surface area (Å²) < 4.78 is 83.4. The van der Waals surface area contributed by atoms with Gasteiger partial charge in [-0.3, -0.25) is 0 Å². The molecule has 11 heteroatoms. The van der Waals surface area contributed by atoms with Gasteiger partial charge in [0, 0.05) is 17.8 Å². The summed E-state index contributed by atoms with van der Waals surface area (Å²) in [6.45, 7) is 3.83. The Morgan fingerprint density at radius 1 is 0.543 bits per heavy atom. The number of hydrogen-bond donors (Lipinski definition) is 1. The first kappa shape index (κ1) is 32.5. The Balaban J connectivity index is 1.48. The lowest BCUT2D eigenvalue weighted by Crippen LogP contribution is -2.44. The molecule has 0 unspecified atom stereocenters. The molecule has 46 heavy (non-hydrogen) atoms. The molecule has 0 fully saturated rings. The van der Waals surface area contributed by atoms with Crippen LogP contribution in [-0.2, 0) is 12.0 Å². The van der Waals surface area contributed by atoms with E-state index in [2.05, 4.69) is 19.4 Å². The fourth-order valence-corrected chi connectivity index (χ4v) is 5.51. The number of hydrogen-bond acceptors (Lipinski definition) is 5. The van der Waals surface area contributed by atoms with E-state index in [1.54, 1.807) is 60.9 Å². The summed E-state index contributed by atoms with van der Waals surface area (Å²) in [4.78, 5) is 8.21. The van der Waals surface area contributed by atoms with E-state index in [1.165, 1.54) is 54.9 Å². The van der Waals surface area contributed by atoms with Crippen molar-refractivity contribution in [3.05, 3.63) is 132 Å². The van der Waals surface area contributed by atoms with Gasteiger partial charge in [0.2, 0.25) is 0 Å². The van der Waals surface area contributed by atoms with Gasteiger partial charge in [0.25, 0.3) is 0 Å². The van der Waals surface area contributed by atoms with Crippen molar-refractivity contribution in [2.45, 2.75) is 38.6 Å². The molecule has 0 saturated heterocycles. The molecular weight excluding hydrogens is 610 g/mol. The second-order valence-corrected chi connectivity index (χ2v) is 11.3. The van der Waals surface area contributed by atoms with Gasteiger partial charge >= 0.3 is 12.7 Å². The smallest absolute Gasteiger partial charge is 0.406 e. The maximum absolute atomic E-state index is 12.7. The normalized spacial score (nSPS) is 12.5. The van der Waals surface area contributed by atoms with Crippen LogP contribution in [0.2, 0.25) is 0 Å². The van der Waals surface area contributed by atoms with Crippen molar-refractivity contribution in [1.82, 2.24) is 9.97 Å². The van der Waals surface area contributed by atoms with Crippen LogP contribution in [0.3, 0.4) is 0 Å². The Morgan fingerprint density at radius 3 is 1.20 bits per heavy atom. The van der Waals surface area contributed by atoms with Crippen molar-refractivity contribution in [3.63, 3.8) is 0 Å². The molecule has 0 spiro atoms. The molecule has 238 valence electrons. The van der Waals surface area contributed by atoms with E-state index in [4.69, 9.17) is 0 Å². The third kappa shape index (κ3) is 7.48. The molecule has 5 aromatic rings. The van der Waals surface area contributed by atoms with E-state index in [0.717, 1.165) is 5.56 Å². The molecule has 0 amide bonds. The predicted octanol–water partition coefficient (Wildman–Crippen LogP) is 9.11. The van der Waals surface area contributed by atoms with Gasteiger partial charge < -0.3 is 14.6 Å². The quantitative estimate of drug-likeness (QED) is 0.163. The fraction of sp³-hybridized carbons (Fsp3) is 0.200. The summed E-state index contributed by atoms with van der Waals surface area (Å²) in [5.74, 6) is -0.661. The summed E-state index contributed by atoms with van der Waals surface area (Å²) in [5, 5.41) is 12.7. The van der Waals surface area contributed by atoms with Crippen molar-refractivity contribution < 1.29 is 40.9 Å². The van der Waals surface area contributed by atoms with Crippen LogP contribution in [0.25, 0.3) is 22.3 Å². The average molecular weight is 639 g/mol. The van der Waals surface area contributed by atoms with E-state index in [1.807, 2.05) is 13.8 Å². The minimum Gasteiger partial charge on any atom is -0.406 e. The van der Waals surface area contributed by atoms with Crippen LogP contribution in [0, 0.1) is 5.41 Å². The Morgan fingerprint density at radius 2 is 0.870 bits per heavy atom. The highest BCUT2D eigenvalue weighted by Gasteiger charge is 2.46. The maximum Gasteiger partial charge on any atom is 0.573 e. The molecule has 4 aromatic carbocycles. The molecule has 5 nitrogen and oxygen atoms in total. The van der Waals surface area contributed by atoms with Gasteiger partial charge in [-0.1, -0.05) is 86.6 Å². The topological polar surface area (TPSA) is 64.5 Å². The monoisotopic (exact) mass is 638 g/mol. The van der Waals surface area contributed by atoms with Crippen LogP contribution in [0.5, 0.6) is 11.5 Å². The molecule has 1 heterocycles. The van der Waals surface area contributed by atoms with Crippen LogP contribution < -0.4 is 9.47 Å². The van der Waals surface area contributed by atoms with E-state index in [-0.39, 0.29) is 11.5 Å². The molecular formula is C35H28F6N2O3. The molecule has 0 atom stereocenters. The summed E-state index contributed by atoms with van der Waals surface area (Å²) >= 11 is 0. The third-order valence-corrected chi connectivity index (χ3v) is 7.69. The second-order valence-electron chi connectivity index (χ2n) is 11.3. The number of rotatable bonds is 9. The molecule has 0 aliphatic rings. The molecule has 5 rings (SSSR count). The van der Waals surface area contributed by atoms with Gasteiger partial charge in [-0.2, -0.15) is 0 Å². The lowest BCUT2D eigenvalue weighted by Gasteiger charge is -2.44. The number of aromatic nitrogens is 2. The van der Waals surface area contributed by atoms with Crippen molar-refractivity contribution in [2.24, 2.45) is 5.41 Å². The molecule has 0 bridgehead atoms. The Kier molecular flexibility index (Phi) is 8.81. The van der Waals surface area contributed by atoms with E-state index in [9.17, 15) is 31.4 Å². The summed E-state index contributed by atoms with van der Waals surface area (Å²) in [7, 11) is 0. The summed E-state index contributed by atoms with van der Waals surface area (Å²) in [5.41, 5.74) is 2.29. The molecule has 0 radical (unpaired) electrons. The Bertz CT molecular complexity index is 1630. The number of benzene rings is 4. The maximum atomic E-state index is 12.7. The zero-order chi connectivity index (χ0) is 33.2. The molecule has 0 saturated carbocycles. The number of nitrogens with zero attached hydrogens (tertiary/aromatic N) is 2. The summed E-state index contributed by atoms with van der Waals surface area (Å²) in [6.07, 6.45) is -4.40. The first-order chi connectivity index (χ1) is 21.6. The van der Waals surface area contributed by atoms with Gasteiger partial charge in [-0.15, -0.1) is 26.3 Å². The lowest BCUT2D eigenvalue weighted by molar-refractivity contribution is -0.275. The van der Waals surface area contributed by atoms with Gasteiger partial charge in [-0.25, -0.2) is 9.97 Å². The SMILES string of the molecule is CC(C)(Cc1cncnc1)C(O)(c1ccc(-c2ccc(OC(F)(F)F)cc2)cc1)c1ccc(-c2ccc(OC(F)(F)F)cc2)cc1. The van der Waals surface area contributed by atoms with Crippen LogP contribution in [0.1, 0.15) is 30.5 Å². The zero-order valence-corrected chi connectivity index (χ0v) is 24.6. The van der Waals surface area contributed by atoms with Crippen molar-refractivity contribution in [1.29, 1.82) is 0 Å². The van der Waals surface area contributed by atoms with Crippen LogP contribution in [0.4, 0.5) is 26.3 Å². The highest BCUT2D eigenvalue weighted by atomic mass is 19.4. The number of aliphatic hydroxyl groups is 1. The number of halogens is 6. The minimum atomic E-state index is -4.79. The van der Waals surface area contributed by atoms with Crippen LogP contribution >= 0.6 is 0 Å². The van der Waals surface area contributed by atoms with Crippen molar-refractivity contribution in [3.8, 4) is 33.8 Å². The van der Waals surface area contributed by atoms with Crippen LogP contribution in [-0.4, -0.2) is 27.8 Å². The zero-order valence-electron chi connectivity index (χ0n) is 24.6. The van der Waals surface area contributed by atoms with Gasteiger partial charge in [0.05, 0.1) is 0 Å². The van der Waals surface area contributed by atoms with E-state index >= 15 is 0 Å². The number of ether oxygens (including phenoxy) is 2. The first-order valence-corrected chi connectivity index (χ1v) is 14.0. The molecule has 1 N–H and O–H groups in total. The molecule has 0 aliphatic carbocycles. The van der Waals surface area contributed by atoms with Gasteiger partial charge in [-0.05, 0) is 69.6 Å². The van der Waals surface area contributed by atoms with Crippen LogP contribution in [0.15, 0.2) is 116 Å².